The first-order valence-corrected chi connectivity index (χ1v) is 12.8. The van der Waals surface area contributed by atoms with Gasteiger partial charge in [-0.25, -0.2) is 4.68 Å². The van der Waals surface area contributed by atoms with Crippen LogP contribution in [0.2, 0.25) is 0 Å². The van der Waals surface area contributed by atoms with Crippen molar-refractivity contribution in [3.63, 3.8) is 0 Å². The average molecular weight is 504 g/mol. The number of hydrogen-bond acceptors (Lipinski definition) is 10. The van der Waals surface area contributed by atoms with Crippen LogP contribution >= 0.6 is 0 Å². The smallest absolute Gasteiger partial charge is 0.108 e. The summed E-state index contributed by atoms with van der Waals surface area (Å²) in [5, 5.41) is 37.8. The van der Waals surface area contributed by atoms with Gasteiger partial charge in [0.15, 0.2) is 0 Å². The minimum atomic E-state index is -0.333. The van der Waals surface area contributed by atoms with Crippen LogP contribution in [0.15, 0.2) is 6.20 Å². The van der Waals surface area contributed by atoms with E-state index in [1.807, 2.05) is 6.20 Å². The van der Waals surface area contributed by atoms with Gasteiger partial charge >= 0.3 is 0 Å². The van der Waals surface area contributed by atoms with Crippen molar-refractivity contribution in [2.75, 3.05) is 66.6 Å². The summed E-state index contributed by atoms with van der Waals surface area (Å²) in [4.78, 5) is 0. The summed E-state index contributed by atoms with van der Waals surface area (Å²) in [5.74, 6) is -0.428. The molecule has 0 spiro atoms. The highest BCUT2D eigenvalue weighted by Crippen LogP contribution is 2.38. The van der Waals surface area contributed by atoms with E-state index in [0.717, 1.165) is 19.4 Å². The SMILES string of the molecule is CCCCOCCOCCOCc1cn(CC2OC(COC)C(CO)C(CO)C2CCCO)nn1. The highest BCUT2D eigenvalue weighted by molar-refractivity contribution is 4.94. The number of nitrogens with zero attached hydrogens (tertiary/aromatic N) is 3. The van der Waals surface area contributed by atoms with Crippen molar-refractivity contribution in [3.8, 4) is 0 Å². The highest BCUT2D eigenvalue weighted by atomic mass is 16.5. The maximum atomic E-state index is 10.1. The molecule has 0 bridgehead atoms. The van der Waals surface area contributed by atoms with Crippen LogP contribution in [-0.4, -0.2) is 109 Å². The summed E-state index contributed by atoms with van der Waals surface area (Å²) in [7, 11) is 1.59. The Morgan fingerprint density at radius 1 is 0.914 bits per heavy atom. The summed E-state index contributed by atoms with van der Waals surface area (Å²) in [6.45, 7) is 6.00. The van der Waals surface area contributed by atoms with Gasteiger partial charge < -0.3 is 39.0 Å². The average Bonchev–Trinajstić information content (AvgIpc) is 3.31. The predicted molar refractivity (Wildman–Crippen MR) is 128 cm³/mol. The lowest BCUT2D eigenvalue weighted by atomic mass is 9.72. The molecule has 0 aromatic carbocycles. The van der Waals surface area contributed by atoms with Crippen molar-refractivity contribution in [1.29, 1.82) is 0 Å². The Morgan fingerprint density at radius 3 is 2.29 bits per heavy atom. The molecule has 5 unspecified atom stereocenters. The third-order valence-electron chi connectivity index (χ3n) is 6.44. The summed E-state index contributed by atoms with van der Waals surface area (Å²) in [6.07, 6.45) is 4.70. The number of aromatic nitrogens is 3. The lowest BCUT2D eigenvalue weighted by molar-refractivity contribution is -0.185. The van der Waals surface area contributed by atoms with Gasteiger partial charge in [-0.3, -0.25) is 0 Å². The van der Waals surface area contributed by atoms with E-state index in [1.54, 1.807) is 11.8 Å². The van der Waals surface area contributed by atoms with Gasteiger partial charge in [-0.05, 0) is 31.1 Å². The van der Waals surface area contributed by atoms with Crippen LogP contribution in [0.5, 0.6) is 0 Å². The Kier molecular flexibility index (Phi) is 15.6. The standard InChI is InChI=1S/C24H45N3O8/c1-3-4-8-32-9-10-33-11-12-34-17-19-13-27(26-25-19)14-23-20(6-5-7-28)21(15-29)22(16-30)24(35-23)18-31-2/h13,20-24,28-30H,3-12,14-18H2,1-2H3. The van der Waals surface area contributed by atoms with Gasteiger partial charge in [0.2, 0.25) is 0 Å². The molecule has 0 saturated carbocycles. The number of ether oxygens (including phenoxy) is 5. The van der Waals surface area contributed by atoms with Crippen LogP contribution in [0.25, 0.3) is 0 Å². The zero-order chi connectivity index (χ0) is 25.3. The molecule has 0 aliphatic carbocycles. The number of aliphatic hydroxyl groups is 3. The Labute approximate surface area is 208 Å². The summed E-state index contributed by atoms with van der Waals surface area (Å²) >= 11 is 0. The van der Waals surface area contributed by atoms with Crippen LogP contribution in [0.3, 0.4) is 0 Å². The first-order chi connectivity index (χ1) is 17.2. The van der Waals surface area contributed by atoms with Gasteiger partial charge in [0.25, 0.3) is 0 Å². The van der Waals surface area contributed by atoms with E-state index in [1.165, 1.54) is 0 Å². The fraction of sp³-hybridized carbons (Fsp3) is 0.917. The second kappa shape index (κ2) is 18.1. The molecule has 0 amide bonds. The Morgan fingerprint density at radius 2 is 1.63 bits per heavy atom. The lowest BCUT2D eigenvalue weighted by Crippen LogP contribution is -2.53. The molecule has 1 fully saturated rings. The van der Waals surface area contributed by atoms with Crippen molar-refractivity contribution >= 4 is 0 Å². The van der Waals surface area contributed by atoms with E-state index in [4.69, 9.17) is 23.7 Å². The van der Waals surface area contributed by atoms with E-state index in [2.05, 4.69) is 17.2 Å². The molecule has 3 N–H and O–H groups in total. The molecule has 1 aromatic heterocycles. The van der Waals surface area contributed by atoms with Crippen molar-refractivity contribution in [2.45, 2.75) is 58.0 Å². The summed E-state index contributed by atoms with van der Waals surface area (Å²) < 4.78 is 29.9. The van der Waals surface area contributed by atoms with Crippen molar-refractivity contribution in [2.24, 2.45) is 17.8 Å². The number of aliphatic hydroxyl groups excluding tert-OH is 3. The number of rotatable bonds is 20. The lowest BCUT2D eigenvalue weighted by Gasteiger charge is -2.46. The molecular weight excluding hydrogens is 458 g/mol. The van der Waals surface area contributed by atoms with E-state index in [9.17, 15) is 15.3 Å². The van der Waals surface area contributed by atoms with Gasteiger partial charge in [0.1, 0.15) is 5.69 Å². The highest BCUT2D eigenvalue weighted by Gasteiger charge is 2.44. The maximum absolute atomic E-state index is 10.1. The van der Waals surface area contributed by atoms with Crippen LogP contribution in [-0.2, 0) is 36.8 Å². The largest absolute Gasteiger partial charge is 0.396 e. The van der Waals surface area contributed by atoms with Crippen LogP contribution < -0.4 is 0 Å². The molecule has 1 saturated heterocycles. The molecule has 204 valence electrons. The van der Waals surface area contributed by atoms with Gasteiger partial charge in [0.05, 0.1) is 64.6 Å². The number of methoxy groups -OCH3 is 1. The maximum Gasteiger partial charge on any atom is 0.108 e. The van der Waals surface area contributed by atoms with Crippen LogP contribution in [0.1, 0.15) is 38.3 Å². The molecule has 0 radical (unpaired) electrons. The second-order valence-electron chi connectivity index (χ2n) is 8.95. The predicted octanol–water partition coefficient (Wildman–Crippen LogP) is 0.648. The van der Waals surface area contributed by atoms with E-state index in [-0.39, 0.29) is 49.8 Å². The van der Waals surface area contributed by atoms with Gasteiger partial charge in [-0.15, -0.1) is 5.10 Å². The van der Waals surface area contributed by atoms with Gasteiger partial charge in [0, 0.05) is 39.5 Å². The zero-order valence-electron chi connectivity index (χ0n) is 21.3. The molecular formula is C24H45N3O8. The third-order valence-corrected chi connectivity index (χ3v) is 6.44. The molecule has 35 heavy (non-hydrogen) atoms. The normalized spacial score (nSPS) is 24.8. The molecule has 11 nitrogen and oxygen atoms in total. The molecule has 1 aromatic rings. The third kappa shape index (κ3) is 10.4. The van der Waals surface area contributed by atoms with Gasteiger partial charge in [-0.2, -0.15) is 0 Å². The number of hydrogen-bond donors (Lipinski definition) is 3. The second-order valence-corrected chi connectivity index (χ2v) is 8.95. The fourth-order valence-electron chi connectivity index (χ4n) is 4.59. The molecule has 1 aliphatic rings. The van der Waals surface area contributed by atoms with Crippen molar-refractivity contribution in [1.82, 2.24) is 15.0 Å². The Balaban J connectivity index is 1.83. The molecule has 2 heterocycles. The van der Waals surface area contributed by atoms with Crippen LogP contribution in [0, 0.1) is 17.8 Å². The zero-order valence-corrected chi connectivity index (χ0v) is 21.3. The molecule has 1 aliphatic heterocycles. The van der Waals surface area contributed by atoms with E-state index in [0.29, 0.717) is 64.7 Å². The summed E-state index contributed by atoms with van der Waals surface area (Å²) in [6, 6.07) is 0. The van der Waals surface area contributed by atoms with Crippen molar-refractivity contribution < 1.29 is 39.0 Å². The van der Waals surface area contributed by atoms with E-state index >= 15 is 0 Å². The first-order valence-electron chi connectivity index (χ1n) is 12.8. The monoisotopic (exact) mass is 503 g/mol. The number of unbranched alkanes of at least 4 members (excludes halogenated alkanes) is 1. The fourth-order valence-corrected chi connectivity index (χ4v) is 4.59. The quantitative estimate of drug-likeness (QED) is 0.217. The minimum absolute atomic E-state index is 0.0376. The summed E-state index contributed by atoms with van der Waals surface area (Å²) in [5.41, 5.74) is 0.705. The minimum Gasteiger partial charge on any atom is -0.396 e. The molecule has 2 rings (SSSR count). The van der Waals surface area contributed by atoms with Crippen LogP contribution in [0.4, 0.5) is 0 Å². The Hall–Kier alpha value is -1.18. The Bertz CT molecular complexity index is 650. The molecule has 11 heteroatoms. The topological polar surface area (TPSA) is 138 Å². The van der Waals surface area contributed by atoms with E-state index < -0.39 is 0 Å². The molecule has 5 atom stereocenters. The first kappa shape index (κ1) is 30.0. The van der Waals surface area contributed by atoms with Gasteiger partial charge in [-0.1, -0.05) is 18.6 Å². The van der Waals surface area contributed by atoms with Crippen molar-refractivity contribution in [3.05, 3.63) is 11.9 Å².